The molecule has 0 radical (unpaired) electrons. The van der Waals surface area contributed by atoms with Gasteiger partial charge in [0.2, 0.25) is 0 Å². The lowest BCUT2D eigenvalue weighted by molar-refractivity contribution is 0.602. The van der Waals surface area contributed by atoms with Crippen LogP contribution in [-0.4, -0.2) is 22.6 Å². The Hall–Kier alpha value is -2.09. The fourth-order valence-corrected chi connectivity index (χ4v) is 5.58. The van der Waals surface area contributed by atoms with Gasteiger partial charge in [0.05, 0.1) is 21.6 Å². The number of hydrogen-bond donors (Lipinski definition) is 2. The van der Waals surface area contributed by atoms with Crippen LogP contribution in [0.5, 0.6) is 0 Å². The Balaban J connectivity index is 1.55. The number of fused-ring (bicyclic) bond motifs is 2. The number of rotatable bonds is 3. The van der Waals surface area contributed by atoms with Gasteiger partial charge < -0.3 is 10.6 Å². The second-order valence-electron chi connectivity index (χ2n) is 6.62. The summed E-state index contributed by atoms with van der Waals surface area (Å²) in [5.74, 6) is 0.211. The van der Waals surface area contributed by atoms with Crippen LogP contribution < -0.4 is 10.6 Å². The first-order valence-electron chi connectivity index (χ1n) is 8.61. The van der Waals surface area contributed by atoms with Crippen molar-refractivity contribution in [1.82, 2.24) is 15.3 Å². The van der Waals surface area contributed by atoms with Crippen molar-refractivity contribution in [2.75, 3.05) is 11.9 Å². The van der Waals surface area contributed by atoms with Crippen molar-refractivity contribution in [2.45, 2.75) is 25.3 Å². The number of nitrogens with one attached hydrogen (secondary N) is 2. The Labute approximate surface area is 158 Å². The number of aromatic nitrogens is 2. The molecule has 0 aliphatic carbocycles. The van der Waals surface area contributed by atoms with E-state index >= 15 is 0 Å². The summed E-state index contributed by atoms with van der Waals surface area (Å²) in [5.41, 5.74) is 3.41. The van der Waals surface area contributed by atoms with Crippen molar-refractivity contribution in [2.24, 2.45) is 0 Å². The number of thiazole rings is 1. The summed E-state index contributed by atoms with van der Waals surface area (Å²) in [4.78, 5) is 11.0. The Kier molecular flexibility index (Phi) is 3.88. The van der Waals surface area contributed by atoms with E-state index in [2.05, 4.69) is 33.6 Å². The molecule has 0 spiro atoms. The average molecular weight is 385 g/mol. The molecule has 4 aromatic rings. The van der Waals surface area contributed by atoms with Crippen LogP contribution in [0.1, 0.15) is 24.1 Å². The lowest BCUT2D eigenvalue weighted by atomic mass is 10.00. The highest BCUT2D eigenvalue weighted by Crippen LogP contribution is 2.39. The number of anilines is 2. The number of hydrogen-bond acceptors (Lipinski definition) is 6. The summed E-state index contributed by atoms with van der Waals surface area (Å²) in [6.45, 7) is 3.28. The molecule has 5 rings (SSSR count). The van der Waals surface area contributed by atoms with Crippen LogP contribution >= 0.6 is 22.7 Å². The van der Waals surface area contributed by atoms with Crippen LogP contribution in [0.25, 0.3) is 20.4 Å². The molecule has 132 valence electrons. The first-order valence-corrected chi connectivity index (χ1v) is 10.3. The summed E-state index contributed by atoms with van der Waals surface area (Å²) in [7, 11) is 0. The van der Waals surface area contributed by atoms with Gasteiger partial charge in [0.15, 0.2) is 5.82 Å². The number of halogens is 1. The Morgan fingerprint density at radius 1 is 1.23 bits per heavy atom. The molecule has 0 amide bonds. The summed E-state index contributed by atoms with van der Waals surface area (Å²) in [6.07, 6.45) is 2.92. The predicted molar refractivity (Wildman–Crippen MR) is 107 cm³/mol. The molecule has 0 saturated carbocycles. The molecule has 1 aromatic carbocycles. The predicted octanol–water partition coefficient (Wildman–Crippen LogP) is 5.25. The molecule has 1 saturated heterocycles. The number of thiophene rings is 1. The molecule has 2 unspecified atom stereocenters. The average Bonchev–Trinajstić information content (AvgIpc) is 3.36. The van der Waals surface area contributed by atoms with E-state index < -0.39 is 0 Å². The second kappa shape index (κ2) is 6.26. The third-order valence-electron chi connectivity index (χ3n) is 5.06. The molecule has 1 fully saturated rings. The minimum atomic E-state index is -0.308. The van der Waals surface area contributed by atoms with Gasteiger partial charge in [0, 0.05) is 28.4 Å². The summed E-state index contributed by atoms with van der Waals surface area (Å²) in [6, 6.07) is 8.27. The Bertz CT molecular complexity index is 1100. The highest BCUT2D eigenvalue weighted by molar-refractivity contribution is 7.18. The summed E-state index contributed by atoms with van der Waals surface area (Å²) in [5, 5.41) is 7.80. The fourth-order valence-electron chi connectivity index (χ4n) is 3.64. The largest absolute Gasteiger partial charge is 0.352 e. The lowest BCUT2D eigenvalue weighted by Crippen LogP contribution is -2.20. The van der Waals surface area contributed by atoms with Gasteiger partial charge >= 0.3 is 0 Å². The summed E-state index contributed by atoms with van der Waals surface area (Å²) < 4.78 is 15.6. The van der Waals surface area contributed by atoms with Crippen LogP contribution in [0.15, 0.2) is 36.0 Å². The van der Waals surface area contributed by atoms with E-state index in [1.54, 1.807) is 29.1 Å². The molecule has 1 aliphatic rings. The third-order valence-corrected chi connectivity index (χ3v) is 7.02. The molecule has 3 aromatic heterocycles. The van der Waals surface area contributed by atoms with Gasteiger partial charge in [-0.2, -0.15) is 0 Å². The van der Waals surface area contributed by atoms with Gasteiger partial charge in [-0.1, -0.05) is 0 Å². The van der Waals surface area contributed by atoms with Crippen LogP contribution in [0, 0.1) is 5.82 Å². The smallest absolute Gasteiger partial charge is 0.173 e. The van der Waals surface area contributed by atoms with Gasteiger partial charge in [-0.15, -0.1) is 22.7 Å². The molecule has 26 heavy (non-hydrogen) atoms. The Morgan fingerprint density at radius 2 is 2.15 bits per heavy atom. The zero-order chi connectivity index (χ0) is 17.7. The van der Waals surface area contributed by atoms with Crippen molar-refractivity contribution in [3.63, 3.8) is 0 Å². The number of nitrogens with zero attached hydrogens (tertiary/aromatic N) is 2. The zero-order valence-corrected chi connectivity index (χ0v) is 15.8. The third kappa shape index (κ3) is 2.58. The van der Waals surface area contributed by atoms with E-state index in [0.717, 1.165) is 33.6 Å². The molecule has 2 atom stereocenters. The van der Waals surface area contributed by atoms with Crippen LogP contribution in [-0.2, 0) is 0 Å². The van der Waals surface area contributed by atoms with Gasteiger partial charge in [0.25, 0.3) is 0 Å². The van der Waals surface area contributed by atoms with E-state index in [1.165, 1.54) is 16.2 Å². The maximum absolute atomic E-state index is 14.8. The van der Waals surface area contributed by atoms with Crippen molar-refractivity contribution < 1.29 is 4.39 Å². The number of benzene rings is 1. The molecule has 4 nitrogen and oxygen atoms in total. The van der Waals surface area contributed by atoms with E-state index in [1.807, 2.05) is 12.1 Å². The quantitative estimate of drug-likeness (QED) is 0.506. The van der Waals surface area contributed by atoms with Crippen molar-refractivity contribution in [3.05, 3.63) is 46.7 Å². The summed E-state index contributed by atoms with van der Waals surface area (Å²) >= 11 is 3.18. The minimum absolute atomic E-state index is 0.308. The van der Waals surface area contributed by atoms with Gasteiger partial charge in [-0.25, -0.2) is 14.4 Å². The lowest BCUT2D eigenvalue weighted by Gasteiger charge is -2.12. The van der Waals surface area contributed by atoms with E-state index in [0.29, 0.717) is 23.2 Å². The van der Waals surface area contributed by atoms with E-state index in [-0.39, 0.29) is 5.82 Å². The molecular formula is C19H17FN4S2. The van der Waals surface area contributed by atoms with Gasteiger partial charge in [0.1, 0.15) is 10.3 Å². The van der Waals surface area contributed by atoms with E-state index in [4.69, 9.17) is 0 Å². The standard InChI is InChI=1S/C19H17FN4S2/c1-10-11(4-6-21-10)16-8-12-13(5-7-22-19(12)26-16)24-14-2-3-15-18(17(14)20)23-9-25-15/h2-3,5,7-11,21H,4,6H2,1H3,(H,22,24). The van der Waals surface area contributed by atoms with Crippen molar-refractivity contribution >= 4 is 54.5 Å². The molecular weight excluding hydrogens is 367 g/mol. The van der Waals surface area contributed by atoms with E-state index in [9.17, 15) is 4.39 Å². The zero-order valence-electron chi connectivity index (χ0n) is 14.1. The molecule has 4 heterocycles. The van der Waals surface area contributed by atoms with Crippen LogP contribution in [0.3, 0.4) is 0 Å². The van der Waals surface area contributed by atoms with Crippen molar-refractivity contribution in [1.29, 1.82) is 0 Å². The monoisotopic (exact) mass is 384 g/mol. The maximum Gasteiger partial charge on any atom is 0.173 e. The topological polar surface area (TPSA) is 49.8 Å². The molecule has 2 N–H and O–H groups in total. The maximum atomic E-state index is 14.8. The van der Waals surface area contributed by atoms with Crippen molar-refractivity contribution in [3.8, 4) is 0 Å². The van der Waals surface area contributed by atoms with Crippen LogP contribution in [0.2, 0.25) is 0 Å². The first-order chi connectivity index (χ1) is 12.7. The van der Waals surface area contributed by atoms with Gasteiger partial charge in [-0.05, 0) is 44.2 Å². The first kappa shape index (κ1) is 16.1. The minimum Gasteiger partial charge on any atom is -0.352 e. The normalized spacial score (nSPS) is 20.2. The van der Waals surface area contributed by atoms with Gasteiger partial charge in [-0.3, -0.25) is 0 Å². The Morgan fingerprint density at radius 3 is 3.00 bits per heavy atom. The number of pyridine rings is 1. The van der Waals surface area contributed by atoms with Crippen LogP contribution in [0.4, 0.5) is 15.8 Å². The molecule has 0 bridgehead atoms. The molecule has 1 aliphatic heterocycles. The highest BCUT2D eigenvalue weighted by Gasteiger charge is 2.26. The second-order valence-corrected chi connectivity index (χ2v) is 8.56. The molecule has 7 heteroatoms. The highest BCUT2D eigenvalue weighted by atomic mass is 32.1. The SMILES string of the molecule is CC1NCCC1c1cc2c(Nc3ccc4scnc4c3F)ccnc2s1. The fraction of sp³-hybridized carbons (Fsp3) is 0.263.